The summed E-state index contributed by atoms with van der Waals surface area (Å²) in [5, 5.41) is 7.86. The Kier molecular flexibility index (Phi) is 5.14. The molecule has 0 fully saturated rings. The summed E-state index contributed by atoms with van der Waals surface area (Å²) in [7, 11) is 3.34. The molecule has 0 aliphatic heterocycles. The number of amides is 1. The fourth-order valence-corrected chi connectivity index (χ4v) is 3.10. The Balaban J connectivity index is 1.60. The van der Waals surface area contributed by atoms with Gasteiger partial charge in [0.15, 0.2) is 0 Å². The van der Waals surface area contributed by atoms with Gasteiger partial charge < -0.3 is 9.64 Å². The molecule has 2 aromatic carbocycles. The zero-order valence-corrected chi connectivity index (χ0v) is 16.6. The number of aromatic amines is 1. The third-order valence-corrected chi connectivity index (χ3v) is 4.79. The number of benzene rings is 2. The van der Waals surface area contributed by atoms with Gasteiger partial charge in [0.2, 0.25) is 5.82 Å². The molecule has 0 radical (unpaired) electrons. The lowest BCUT2D eigenvalue weighted by Gasteiger charge is -2.16. The lowest BCUT2D eigenvalue weighted by atomic mass is 10.1. The number of aromatic nitrogens is 4. The van der Waals surface area contributed by atoms with E-state index in [1.54, 1.807) is 37.4 Å². The van der Waals surface area contributed by atoms with Crippen LogP contribution in [0.1, 0.15) is 16.2 Å². The SMILES string of the molecule is COc1ccc(CN(C)C(=O)c2ncc3[nH]nc(-c4ccc(Cl)cc4)c3n2)cc1. The fraction of sp³-hybridized carbons (Fsp3) is 0.143. The Labute approximate surface area is 172 Å². The second-order valence-electron chi connectivity index (χ2n) is 6.54. The minimum atomic E-state index is -0.272. The number of fused-ring (bicyclic) bond motifs is 1. The van der Waals surface area contributed by atoms with Crippen LogP contribution in [0.25, 0.3) is 22.3 Å². The number of nitrogens with one attached hydrogen (secondary N) is 1. The van der Waals surface area contributed by atoms with Crippen molar-refractivity contribution in [1.29, 1.82) is 0 Å². The number of carbonyl (C=O) groups is 1. The number of halogens is 1. The summed E-state index contributed by atoms with van der Waals surface area (Å²) in [6.07, 6.45) is 1.57. The molecule has 29 heavy (non-hydrogen) atoms. The second kappa shape index (κ2) is 7.89. The van der Waals surface area contributed by atoms with E-state index in [9.17, 15) is 4.79 Å². The number of ether oxygens (including phenoxy) is 1. The van der Waals surface area contributed by atoms with Gasteiger partial charge in [0.25, 0.3) is 5.91 Å². The maximum absolute atomic E-state index is 12.9. The van der Waals surface area contributed by atoms with Crippen LogP contribution in [0.3, 0.4) is 0 Å². The molecule has 0 aliphatic rings. The highest BCUT2D eigenvalue weighted by atomic mass is 35.5. The number of hydrogen-bond donors (Lipinski definition) is 1. The van der Waals surface area contributed by atoms with E-state index in [0.29, 0.717) is 28.3 Å². The molecule has 0 saturated heterocycles. The largest absolute Gasteiger partial charge is 0.497 e. The summed E-state index contributed by atoms with van der Waals surface area (Å²) in [5.74, 6) is 0.613. The first-order valence-electron chi connectivity index (χ1n) is 8.90. The summed E-state index contributed by atoms with van der Waals surface area (Å²) in [5.41, 5.74) is 3.72. The molecular formula is C21H18ClN5O2. The third-order valence-electron chi connectivity index (χ3n) is 4.54. The number of hydrogen-bond acceptors (Lipinski definition) is 5. The Morgan fingerprint density at radius 2 is 1.86 bits per heavy atom. The maximum Gasteiger partial charge on any atom is 0.291 e. The van der Waals surface area contributed by atoms with Gasteiger partial charge in [0.1, 0.15) is 22.5 Å². The highest BCUT2D eigenvalue weighted by molar-refractivity contribution is 6.30. The summed E-state index contributed by atoms with van der Waals surface area (Å²) in [4.78, 5) is 23.1. The minimum absolute atomic E-state index is 0.116. The van der Waals surface area contributed by atoms with Crippen molar-refractivity contribution in [3.8, 4) is 17.0 Å². The summed E-state index contributed by atoms with van der Waals surface area (Å²) < 4.78 is 5.16. The molecule has 0 unspecified atom stereocenters. The minimum Gasteiger partial charge on any atom is -0.497 e. The van der Waals surface area contributed by atoms with Crippen LogP contribution in [0, 0.1) is 0 Å². The summed E-state index contributed by atoms with van der Waals surface area (Å²) >= 11 is 5.97. The van der Waals surface area contributed by atoms with Crippen LogP contribution in [0.15, 0.2) is 54.7 Å². The van der Waals surface area contributed by atoms with Crippen LogP contribution in [0.5, 0.6) is 5.75 Å². The molecular weight excluding hydrogens is 390 g/mol. The summed E-state index contributed by atoms with van der Waals surface area (Å²) in [6.45, 7) is 0.430. The lowest BCUT2D eigenvalue weighted by molar-refractivity contribution is 0.0773. The van der Waals surface area contributed by atoms with E-state index in [0.717, 1.165) is 16.9 Å². The molecule has 8 heteroatoms. The molecule has 0 saturated carbocycles. The topological polar surface area (TPSA) is 84.0 Å². The quantitative estimate of drug-likeness (QED) is 0.541. The van der Waals surface area contributed by atoms with E-state index < -0.39 is 0 Å². The van der Waals surface area contributed by atoms with Gasteiger partial charge in [0, 0.05) is 24.2 Å². The lowest BCUT2D eigenvalue weighted by Crippen LogP contribution is -2.27. The molecule has 1 N–H and O–H groups in total. The van der Waals surface area contributed by atoms with Crippen molar-refractivity contribution in [2.24, 2.45) is 0 Å². The van der Waals surface area contributed by atoms with Crippen molar-refractivity contribution >= 4 is 28.5 Å². The smallest absolute Gasteiger partial charge is 0.291 e. The first-order chi connectivity index (χ1) is 14.0. The van der Waals surface area contributed by atoms with E-state index in [-0.39, 0.29) is 11.7 Å². The van der Waals surface area contributed by atoms with Crippen molar-refractivity contribution in [2.45, 2.75) is 6.54 Å². The Morgan fingerprint density at radius 3 is 2.55 bits per heavy atom. The van der Waals surface area contributed by atoms with Crippen LogP contribution < -0.4 is 4.74 Å². The van der Waals surface area contributed by atoms with Gasteiger partial charge in [-0.05, 0) is 29.8 Å². The Bertz CT molecular complexity index is 1160. The van der Waals surface area contributed by atoms with Gasteiger partial charge in [-0.15, -0.1) is 0 Å². The van der Waals surface area contributed by atoms with E-state index in [1.165, 1.54) is 0 Å². The average molecular weight is 408 g/mol. The molecule has 0 spiro atoms. The van der Waals surface area contributed by atoms with Crippen molar-refractivity contribution in [3.05, 3.63) is 71.1 Å². The van der Waals surface area contributed by atoms with Crippen LogP contribution in [0.4, 0.5) is 0 Å². The highest BCUT2D eigenvalue weighted by Crippen LogP contribution is 2.25. The molecule has 0 bridgehead atoms. The molecule has 4 aromatic rings. The molecule has 4 rings (SSSR count). The van der Waals surface area contributed by atoms with Crippen LogP contribution in [0.2, 0.25) is 5.02 Å². The zero-order valence-electron chi connectivity index (χ0n) is 15.9. The second-order valence-corrected chi connectivity index (χ2v) is 6.98. The molecule has 0 aliphatic carbocycles. The van der Waals surface area contributed by atoms with Crippen LogP contribution in [-0.4, -0.2) is 45.1 Å². The van der Waals surface area contributed by atoms with Crippen molar-refractivity contribution < 1.29 is 9.53 Å². The molecule has 146 valence electrons. The van der Waals surface area contributed by atoms with E-state index >= 15 is 0 Å². The van der Waals surface area contributed by atoms with Crippen LogP contribution >= 0.6 is 11.6 Å². The molecule has 0 atom stereocenters. The number of carbonyl (C=O) groups excluding carboxylic acids is 1. The predicted octanol–water partition coefficient (Wildman–Crippen LogP) is 3.95. The van der Waals surface area contributed by atoms with Crippen LogP contribution in [-0.2, 0) is 6.54 Å². The standard InChI is InChI=1S/C21H18ClN5O2/c1-27(12-13-3-9-16(29-2)10-4-13)21(28)20-23-11-17-19(24-20)18(26-25-17)14-5-7-15(22)8-6-14/h3-11H,12H2,1-2H3,(H,25,26). The monoisotopic (exact) mass is 407 g/mol. The van der Waals surface area contributed by atoms with Gasteiger partial charge in [-0.3, -0.25) is 9.89 Å². The van der Waals surface area contributed by atoms with Crippen molar-refractivity contribution in [3.63, 3.8) is 0 Å². The van der Waals surface area contributed by atoms with Gasteiger partial charge in [-0.25, -0.2) is 9.97 Å². The molecule has 2 aromatic heterocycles. The van der Waals surface area contributed by atoms with E-state index in [4.69, 9.17) is 16.3 Å². The fourth-order valence-electron chi connectivity index (χ4n) is 2.97. The molecule has 2 heterocycles. The van der Waals surface area contributed by atoms with Gasteiger partial charge in [-0.2, -0.15) is 5.10 Å². The molecule has 1 amide bonds. The first kappa shape index (κ1) is 18.9. The average Bonchev–Trinajstić information content (AvgIpc) is 3.17. The van der Waals surface area contributed by atoms with Crippen molar-refractivity contribution in [2.75, 3.05) is 14.2 Å². The molecule has 7 nitrogen and oxygen atoms in total. The maximum atomic E-state index is 12.9. The normalized spacial score (nSPS) is 10.9. The van der Waals surface area contributed by atoms with Gasteiger partial charge >= 0.3 is 0 Å². The van der Waals surface area contributed by atoms with Gasteiger partial charge in [-0.1, -0.05) is 35.9 Å². The first-order valence-corrected chi connectivity index (χ1v) is 9.28. The zero-order chi connectivity index (χ0) is 20.4. The summed E-state index contributed by atoms with van der Waals surface area (Å²) in [6, 6.07) is 14.8. The van der Waals surface area contributed by atoms with E-state index in [1.807, 2.05) is 36.4 Å². The number of rotatable bonds is 5. The van der Waals surface area contributed by atoms with Crippen molar-refractivity contribution in [1.82, 2.24) is 25.1 Å². The Morgan fingerprint density at radius 1 is 1.14 bits per heavy atom. The number of H-pyrrole nitrogens is 1. The number of methoxy groups -OCH3 is 1. The Hall–Kier alpha value is -3.45. The predicted molar refractivity (Wildman–Crippen MR) is 111 cm³/mol. The number of nitrogens with zero attached hydrogens (tertiary/aromatic N) is 4. The van der Waals surface area contributed by atoms with E-state index in [2.05, 4.69) is 20.2 Å². The third kappa shape index (κ3) is 3.90. The highest BCUT2D eigenvalue weighted by Gasteiger charge is 2.18. The van der Waals surface area contributed by atoms with Gasteiger partial charge in [0.05, 0.1) is 13.3 Å².